The number of rotatable bonds is 7. The van der Waals surface area contributed by atoms with Gasteiger partial charge in [0.1, 0.15) is 5.69 Å². The molecule has 0 aromatic carbocycles. The SMILES string of the molecule is CCCN(CCCN)c1ccnc(C(=O)NC)c1. The summed E-state index contributed by atoms with van der Waals surface area (Å²) >= 11 is 0. The standard InChI is InChI=1S/C13H22N4O/c1-3-8-17(9-4-6-14)11-5-7-16-12(10-11)13(18)15-2/h5,7,10H,3-4,6,8-9,14H2,1-2H3,(H,15,18). The van der Waals surface area contributed by atoms with Crippen molar-refractivity contribution in [1.82, 2.24) is 10.3 Å². The normalized spacial score (nSPS) is 10.2. The smallest absolute Gasteiger partial charge is 0.269 e. The lowest BCUT2D eigenvalue weighted by Gasteiger charge is -2.24. The van der Waals surface area contributed by atoms with Gasteiger partial charge >= 0.3 is 0 Å². The van der Waals surface area contributed by atoms with E-state index in [0.717, 1.165) is 31.6 Å². The van der Waals surface area contributed by atoms with Crippen LogP contribution in [0.1, 0.15) is 30.3 Å². The first-order valence-electron chi connectivity index (χ1n) is 6.36. The van der Waals surface area contributed by atoms with Crippen molar-refractivity contribution < 1.29 is 4.79 Å². The Balaban J connectivity index is 2.86. The molecule has 3 N–H and O–H groups in total. The van der Waals surface area contributed by atoms with Gasteiger partial charge in [0, 0.05) is 32.0 Å². The largest absolute Gasteiger partial charge is 0.371 e. The van der Waals surface area contributed by atoms with Crippen molar-refractivity contribution in [3.05, 3.63) is 24.0 Å². The lowest BCUT2D eigenvalue weighted by Crippen LogP contribution is -2.27. The molecule has 0 unspecified atom stereocenters. The third-order valence-electron chi connectivity index (χ3n) is 2.69. The molecule has 5 heteroatoms. The number of aromatic nitrogens is 1. The minimum Gasteiger partial charge on any atom is -0.371 e. The van der Waals surface area contributed by atoms with Crippen molar-refractivity contribution in [1.29, 1.82) is 0 Å². The molecule has 0 aliphatic heterocycles. The molecule has 1 heterocycles. The van der Waals surface area contributed by atoms with E-state index >= 15 is 0 Å². The number of pyridine rings is 1. The molecule has 1 aromatic rings. The van der Waals surface area contributed by atoms with E-state index in [-0.39, 0.29) is 5.91 Å². The van der Waals surface area contributed by atoms with Gasteiger partial charge in [-0.25, -0.2) is 0 Å². The van der Waals surface area contributed by atoms with Gasteiger partial charge in [-0.05, 0) is 31.5 Å². The van der Waals surface area contributed by atoms with Crippen LogP contribution in [-0.4, -0.2) is 37.6 Å². The summed E-state index contributed by atoms with van der Waals surface area (Å²) in [5.74, 6) is -0.160. The Morgan fingerprint density at radius 1 is 1.50 bits per heavy atom. The van der Waals surface area contributed by atoms with E-state index in [2.05, 4.69) is 22.1 Å². The molecule has 0 aliphatic carbocycles. The Bertz CT molecular complexity index is 381. The molecule has 0 atom stereocenters. The van der Waals surface area contributed by atoms with Crippen LogP contribution in [0.25, 0.3) is 0 Å². The first-order chi connectivity index (χ1) is 8.72. The molecule has 18 heavy (non-hydrogen) atoms. The van der Waals surface area contributed by atoms with Gasteiger partial charge in [-0.2, -0.15) is 0 Å². The van der Waals surface area contributed by atoms with Crippen LogP contribution < -0.4 is 16.0 Å². The summed E-state index contributed by atoms with van der Waals surface area (Å²) < 4.78 is 0. The Morgan fingerprint density at radius 2 is 2.28 bits per heavy atom. The molecule has 0 saturated heterocycles. The number of nitrogens with two attached hydrogens (primary N) is 1. The highest BCUT2D eigenvalue weighted by atomic mass is 16.1. The maximum absolute atomic E-state index is 11.5. The number of amides is 1. The predicted molar refractivity (Wildman–Crippen MR) is 73.8 cm³/mol. The van der Waals surface area contributed by atoms with Crippen molar-refractivity contribution in [2.24, 2.45) is 5.73 Å². The first kappa shape index (κ1) is 14.4. The number of carbonyl (C=O) groups excluding carboxylic acids is 1. The molecular weight excluding hydrogens is 228 g/mol. The maximum atomic E-state index is 11.5. The van der Waals surface area contributed by atoms with Crippen molar-refractivity contribution in [3.8, 4) is 0 Å². The zero-order valence-electron chi connectivity index (χ0n) is 11.1. The fourth-order valence-electron chi connectivity index (χ4n) is 1.79. The highest BCUT2D eigenvalue weighted by Gasteiger charge is 2.09. The fourth-order valence-corrected chi connectivity index (χ4v) is 1.79. The van der Waals surface area contributed by atoms with Gasteiger partial charge in [-0.3, -0.25) is 9.78 Å². The van der Waals surface area contributed by atoms with E-state index in [1.807, 2.05) is 12.1 Å². The van der Waals surface area contributed by atoms with E-state index in [4.69, 9.17) is 5.73 Å². The van der Waals surface area contributed by atoms with Crippen LogP contribution in [-0.2, 0) is 0 Å². The third-order valence-corrected chi connectivity index (χ3v) is 2.69. The minimum atomic E-state index is -0.160. The molecule has 0 aliphatic rings. The monoisotopic (exact) mass is 250 g/mol. The fraction of sp³-hybridized carbons (Fsp3) is 0.538. The molecule has 1 amide bonds. The second kappa shape index (κ2) is 7.66. The summed E-state index contributed by atoms with van der Waals surface area (Å²) in [5.41, 5.74) is 7.02. The molecule has 0 saturated carbocycles. The Hall–Kier alpha value is -1.62. The second-order valence-electron chi connectivity index (χ2n) is 4.11. The van der Waals surface area contributed by atoms with Gasteiger partial charge in [-0.15, -0.1) is 0 Å². The summed E-state index contributed by atoms with van der Waals surface area (Å²) in [6.45, 7) is 4.67. The van der Waals surface area contributed by atoms with Crippen LogP contribution in [0.4, 0.5) is 5.69 Å². The molecule has 5 nitrogen and oxygen atoms in total. The van der Waals surface area contributed by atoms with Crippen molar-refractivity contribution >= 4 is 11.6 Å². The Kier molecular flexibility index (Phi) is 6.14. The van der Waals surface area contributed by atoms with E-state index in [0.29, 0.717) is 12.2 Å². The highest BCUT2D eigenvalue weighted by molar-refractivity contribution is 5.92. The quantitative estimate of drug-likeness (QED) is 0.757. The summed E-state index contributed by atoms with van der Waals surface area (Å²) in [7, 11) is 1.61. The molecule has 0 fully saturated rings. The average Bonchev–Trinajstić information content (AvgIpc) is 2.42. The van der Waals surface area contributed by atoms with Gasteiger partial charge in [0.2, 0.25) is 0 Å². The zero-order chi connectivity index (χ0) is 13.4. The van der Waals surface area contributed by atoms with Crippen molar-refractivity contribution in [2.45, 2.75) is 19.8 Å². The number of hydrogen-bond acceptors (Lipinski definition) is 4. The zero-order valence-corrected chi connectivity index (χ0v) is 11.1. The molecular formula is C13H22N4O. The Morgan fingerprint density at radius 3 is 2.89 bits per heavy atom. The van der Waals surface area contributed by atoms with Crippen LogP contribution >= 0.6 is 0 Å². The van der Waals surface area contributed by atoms with Gasteiger partial charge < -0.3 is 16.0 Å². The summed E-state index contributed by atoms with van der Waals surface area (Å²) in [6, 6.07) is 3.75. The van der Waals surface area contributed by atoms with Crippen LogP contribution in [0.15, 0.2) is 18.3 Å². The van der Waals surface area contributed by atoms with E-state index in [9.17, 15) is 4.79 Å². The van der Waals surface area contributed by atoms with Crippen LogP contribution in [0.2, 0.25) is 0 Å². The molecule has 1 aromatic heterocycles. The minimum absolute atomic E-state index is 0.160. The number of nitrogens with zero attached hydrogens (tertiary/aromatic N) is 2. The topological polar surface area (TPSA) is 71.2 Å². The summed E-state index contributed by atoms with van der Waals surface area (Å²) in [4.78, 5) is 17.9. The summed E-state index contributed by atoms with van der Waals surface area (Å²) in [6.07, 6.45) is 3.67. The lowest BCUT2D eigenvalue weighted by atomic mass is 10.2. The average molecular weight is 250 g/mol. The first-order valence-corrected chi connectivity index (χ1v) is 6.36. The number of carbonyl (C=O) groups is 1. The van der Waals surface area contributed by atoms with Gasteiger partial charge in [0.15, 0.2) is 0 Å². The third kappa shape index (κ3) is 4.00. The van der Waals surface area contributed by atoms with Crippen molar-refractivity contribution in [2.75, 3.05) is 31.6 Å². The number of hydrogen-bond donors (Lipinski definition) is 2. The second-order valence-corrected chi connectivity index (χ2v) is 4.11. The predicted octanol–water partition coefficient (Wildman–Crippen LogP) is 1.01. The molecule has 0 spiro atoms. The van der Waals surface area contributed by atoms with E-state index in [1.165, 1.54) is 0 Å². The maximum Gasteiger partial charge on any atom is 0.269 e. The number of anilines is 1. The van der Waals surface area contributed by atoms with Gasteiger partial charge in [0.25, 0.3) is 5.91 Å². The van der Waals surface area contributed by atoms with Gasteiger partial charge in [-0.1, -0.05) is 6.92 Å². The molecule has 0 bridgehead atoms. The van der Waals surface area contributed by atoms with Crippen LogP contribution in [0, 0.1) is 0 Å². The molecule has 0 radical (unpaired) electrons. The van der Waals surface area contributed by atoms with Crippen LogP contribution in [0.5, 0.6) is 0 Å². The van der Waals surface area contributed by atoms with Gasteiger partial charge in [0.05, 0.1) is 0 Å². The molecule has 100 valence electrons. The Labute approximate surface area is 108 Å². The van der Waals surface area contributed by atoms with E-state index < -0.39 is 0 Å². The molecule has 1 rings (SSSR count). The number of nitrogens with one attached hydrogen (secondary N) is 1. The van der Waals surface area contributed by atoms with Crippen molar-refractivity contribution in [3.63, 3.8) is 0 Å². The highest BCUT2D eigenvalue weighted by Crippen LogP contribution is 2.15. The van der Waals surface area contributed by atoms with Crippen LogP contribution in [0.3, 0.4) is 0 Å². The summed E-state index contributed by atoms with van der Waals surface area (Å²) in [5, 5.41) is 2.58. The lowest BCUT2D eigenvalue weighted by molar-refractivity contribution is 0.0958. The van der Waals surface area contributed by atoms with E-state index in [1.54, 1.807) is 13.2 Å².